The zero-order chi connectivity index (χ0) is 12.5. The number of anilines is 1. The molecular formula is C12H12BrClN4. The van der Waals surface area contributed by atoms with E-state index in [0.717, 1.165) is 10.2 Å². The standard InChI is InChI=1S/C12H12BrClN4/c13-8-3-11(12(14)17-4-8)16-6-10-5-15-7-18(10)9-1-2-9/h3-5,7,9,16H,1-2,6H2. The second kappa shape index (κ2) is 4.90. The van der Waals surface area contributed by atoms with Gasteiger partial charge in [-0.1, -0.05) is 11.6 Å². The van der Waals surface area contributed by atoms with Gasteiger partial charge < -0.3 is 9.88 Å². The van der Waals surface area contributed by atoms with Crippen molar-refractivity contribution in [3.8, 4) is 0 Å². The first kappa shape index (κ1) is 12.0. The van der Waals surface area contributed by atoms with Gasteiger partial charge in [-0.05, 0) is 34.8 Å². The molecule has 1 aliphatic rings. The average Bonchev–Trinajstić information content (AvgIpc) is 3.10. The molecule has 0 aromatic carbocycles. The lowest BCUT2D eigenvalue weighted by molar-refractivity contribution is 0.701. The Kier molecular flexibility index (Phi) is 3.26. The topological polar surface area (TPSA) is 42.7 Å². The number of imidazole rings is 1. The highest BCUT2D eigenvalue weighted by Crippen LogP contribution is 2.35. The first-order valence-corrected chi connectivity index (χ1v) is 6.97. The summed E-state index contributed by atoms with van der Waals surface area (Å²) in [4.78, 5) is 8.28. The maximum Gasteiger partial charge on any atom is 0.152 e. The molecule has 94 valence electrons. The van der Waals surface area contributed by atoms with Gasteiger partial charge in [0, 0.05) is 22.9 Å². The van der Waals surface area contributed by atoms with Crippen LogP contribution in [0.25, 0.3) is 0 Å². The number of pyridine rings is 1. The quantitative estimate of drug-likeness (QED) is 0.872. The summed E-state index contributed by atoms with van der Waals surface area (Å²) in [5.74, 6) is 0. The maximum atomic E-state index is 6.03. The predicted molar refractivity (Wildman–Crippen MR) is 74.8 cm³/mol. The number of hydrogen-bond donors (Lipinski definition) is 1. The molecule has 2 aromatic heterocycles. The van der Waals surface area contributed by atoms with Crippen LogP contribution in [-0.2, 0) is 6.54 Å². The highest BCUT2D eigenvalue weighted by Gasteiger charge is 2.25. The lowest BCUT2D eigenvalue weighted by atomic mass is 10.4. The molecule has 0 aliphatic heterocycles. The number of halogens is 2. The molecule has 1 saturated carbocycles. The molecule has 0 saturated heterocycles. The molecule has 1 fully saturated rings. The van der Waals surface area contributed by atoms with E-state index in [4.69, 9.17) is 11.6 Å². The minimum atomic E-state index is 0.482. The summed E-state index contributed by atoms with van der Waals surface area (Å²) in [6.45, 7) is 0.703. The maximum absolute atomic E-state index is 6.03. The van der Waals surface area contributed by atoms with E-state index >= 15 is 0 Å². The van der Waals surface area contributed by atoms with E-state index in [9.17, 15) is 0 Å². The van der Waals surface area contributed by atoms with Gasteiger partial charge in [0.05, 0.1) is 24.3 Å². The van der Waals surface area contributed by atoms with E-state index in [1.54, 1.807) is 6.20 Å². The predicted octanol–water partition coefficient (Wildman–Crippen LogP) is 3.64. The minimum absolute atomic E-state index is 0.482. The van der Waals surface area contributed by atoms with Crippen molar-refractivity contribution in [1.29, 1.82) is 0 Å². The Labute approximate surface area is 119 Å². The molecule has 2 heterocycles. The third kappa shape index (κ3) is 2.52. The van der Waals surface area contributed by atoms with Gasteiger partial charge in [0.15, 0.2) is 5.15 Å². The first-order valence-electron chi connectivity index (χ1n) is 5.79. The van der Waals surface area contributed by atoms with Crippen molar-refractivity contribution in [3.05, 3.63) is 40.1 Å². The molecule has 6 heteroatoms. The molecule has 0 unspecified atom stereocenters. The summed E-state index contributed by atoms with van der Waals surface area (Å²) in [6, 6.07) is 2.56. The largest absolute Gasteiger partial charge is 0.377 e. The van der Waals surface area contributed by atoms with Crippen molar-refractivity contribution < 1.29 is 0 Å². The Morgan fingerprint density at radius 1 is 1.44 bits per heavy atom. The highest BCUT2D eigenvalue weighted by molar-refractivity contribution is 9.10. The van der Waals surface area contributed by atoms with E-state index in [1.807, 2.05) is 18.6 Å². The van der Waals surface area contributed by atoms with Crippen LogP contribution in [0.2, 0.25) is 5.15 Å². The fourth-order valence-electron chi connectivity index (χ4n) is 1.88. The van der Waals surface area contributed by atoms with E-state index < -0.39 is 0 Å². The van der Waals surface area contributed by atoms with Gasteiger partial charge in [-0.2, -0.15) is 0 Å². The summed E-state index contributed by atoms with van der Waals surface area (Å²) in [5.41, 5.74) is 2.00. The van der Waals surface area contributed by atoms with E-state index in [2.05, 4.69) is 35.8 Å². The lowest BCUT2D eigenvalue weighted by Gasteiger charge is -2.10. The molecule has 4 nitrogen and oxygen atoms in total. The van der Waals surface area contributed by atoms with Crippen molar-refractivity contribution in [2.24, 2.45) is 0 Å². The molecule has 0 bridgehead atoms. The summed E-state index contributed by atoms with van der Waals surface area (Å²) < 4.78 is 3.14. The molecule has 1 aliphatic carbocycles. The second-order valence-corrected chi connectivity index (χ2v) is 5.64. The van der Waals surface area contributed by atoms with Gasteiger partial charge in [0.2, 0.25) is 0 Å². The third-order valence-electron chi connectivity index (χ3n) is 2.95. The van der Waals surface area contributed by atoms with Crippen molar-refractivity contribution in [3.63, 3.8) is 0 Å². The van der Waals surface area contributed by atoms with Crippen molar-refractivity contribution in [2.45, 2.75) is 25.4 Å². The second-order valence-electron chi connectivity index (χ2n) is 4.37. The molecule has 0 amide bonds. The Bertz CT molecular complexity index is 565. The zero-order valence-electron chi connectivity index (χ0n) is 9.61. The van der Waals surface area contributed by atoms with E-state index in [1.165, 1.54) is 18.5 Å². The van der Waals surface area contributed by atoms with Crippen LogP contribution >= 0.6 is 27.5 Å². The van der Waals surface area contributed by atoms with Crippen LogP contribution in [0.3, 0.4) is 0 Å². The Hall–Kier alpha value is -1.07. The average molecular weight is 328 g/mol. The summed E-state index contributed by atoms with van der Waals surface area (Å²) >= 11 is 9.42. The van der Waals surface area contributed by atoms with Gasteiger partial charge in [-0.25, -0.2) is 9.97 Å². The normalized spacial score (nSPS) is 14.8. The molecule has 2 aromatic rings. The van der Waals surface area contributed by atoms with Gasteiger partial charge in [0.25, 0.3) is 0 Å². The monoisotopic (exact) mass is 326 g/mol. The molecule has 18 heavy (non-hydrogen) atoms. The fraction of sp³-hybridized carbons (Fsp3) is 0.333. The number of rotatable bonds is 4. The molecular weight excluding hydrogens is 316 g/mol. The molecule has 3 rings (SSSR count). The van der Waals surface area contributed by atoms with Gasteiger partial charge in [-0.3, -0.25) is 0 Å². The van der Waals surface area contributed by atoms with Crippen molar-refractivity contribution in [1.82, 2.24) is 14.5 Å². The van der Waals surface area contributed by atoms with E-state index in [-0.39, 0.29) is 0 Å². The molecule has 1 N–H and O–H groups in total. The summed E-state index contributed by atoms with van der Waals surface area (Å²) in [6.07, 6.45) is 7.98. The Balaban J connectivity index is 1.73. The number of nitrogens with zero attached hydrogens (tertiary/aromatic N) is 3. The summed E-state index contributed by atoms with van der Waals surface area (Å²) in [5, 5.41) is 3.78. The van der Waals surface area contributed by atoms with Crippen LogP contribution in [0.15, 0.2) is 29.3 Å². The van der Waals surface area contributed by atoms with Gasteiger partial charge in [0.1, 0.15) is 0 Å². The van der Waals surface area contributed by atoms with Gasteiger partial charge in [-0.15, -0.1) is 0 Å². The minimum Gasteiger partial charge on any atom is -0.377 e. The van der Waals surface area contributed by atoms with Crippen molar-refractivity contribution >= 4 is 33.2 Å². The molecule has 0 atom stereocenters. The van der Waals surface area contributed by atoms with Gasteiger partial charge >= 0.3 is 0 Å². The SMILES string of the molecule is Clc1ncc(Br)cc1NCc1cncn1C1CC1. The first-order chi connectivity index (χ1) is 8.74. The zero-order valence-corrected chi connectivity index (χ0v) is 11.9. The Morgan fingerprint density at radius 2 is 2.28 bits per heavy atom. The number of aromatic nitrogens is 3. The van der Waals surface area contributed by atoms with Crippen LogP contribution in [0.1, 0.15) is 24.6 Å². The third-order valence-corrected chi connectivity index (χ3v) is 3.69. The summed E-state index contributed by atoms with van der Waals surface area (Å²) in [7, 11) is 0. The smallest absolute Gasteiger partial charge is 0.152 e. The Morgan fingerprint density at radius 3 is 3.06 bits per heavy atom. The van der Waals surface area contributed by atoms with E-state index in [0.29, 0.717) is 17.7 Å². The lowest BCUT2D eigenvalue weighted by Crippen LogP contribution is -2.06. The molecule has 0 radical (unpaired) electrons. The van der Waals surface area contributed by atoms with Crippen molar-refractivity contribution in [2.75, 3.05) is 5.32 Å². The highest BCUT2D eigenvalue weighted by atomic mass is 79.9. The number of hydrogen-bond acceptors (Lipinski definition) is 3. The fourth-order valence-corrected chi connectivity index (χ4v) is 2.38. The van der Waals surface area contributed by atoms with Crippen LogP contribution in [0, 0.1) is 0 Å². The van der Waals surface area contributed by atoms with Crippen LogP contribution < -0.4 is 5.32 Å². The van der Waals surface area contributed by atoms with Crippen LogP contribution in [-0.4, -0.2) is 14.5 Å². The number of nitrogens with one attached hydrogen (secondary N) is 1. The van der Waals surface area contributed by atoms with Crippen LogP contribution in [0.4, 0.5) is 5.69 Å². The van der Waals surface area contributed by atoms with Crippen LogP contribution in [0.5, 0.6) is 0 Å². The molecule has 0 spiro atoms.